The zero-order valence-corrected chi connectivity index (χ0v) is 11.4. The number of Topliss-reactive ketones (excluding diaryl/α,β-unsaturated/α-hetero) is 1. The Hall–Kier alpha value is -0.930. The topological polar surface area (TPSA) is 39.2 Å². The van der Waals surface area contributed by atoms with Gasteiger partial charge in [-0.2, -0.15) is 0 Å². The molecule has 1 rings (SSSR count). The highest BCUT2D eigenvalue weighted by Crippen LogP contribution is 2.24. The van der Waals surface area contributed by atoms with Crippen LogP contribution in [0.4, 0.5) is 0 Å². The maximum atomic E-state index is 12.1. The Morgan fingerprint density at radius 2 is 2.18 bits per heavy atom. The van der Waals surface area contributed by atoms with Crippen molar-refractivity contribution >= 4 is 17.4 Å². The number of methoxy groups -OCH3 is 1. The Bertz CT molecular complexity index is 399. The molecule has 4 heteroatoms. The summed E-state index contributed by atoms with van der Waals surface area (Å²) in [7, 11) is 1.56. The number of pyridine rings is 1. The summed E-state index contributed by atoms with van der Waals surface area (Å²) in [4.78, 5) is 16.0. The van der Waals surface area contributed by atoms with Gasteiger partial charge >= 0.3 is 0 Å². The van der Waals surface area contributed by atoms with E-state index in [2.05, 4.69) is 4.98 Å². The van der Waals surface area contributed by atoms with Crippen LogP contribution in [-0.2, 0) is 16.0 Å². The van der Waals surface area contributed by atoms with Crippen molar-refractivity contribution in [1.82, 2.24) is 4.98 Å². The van der Waals surface area contributed by atoms with Crippen LogP contribution in [-0.4, -0.2) is 24.0 Å². The molecule has 1 aromatic rings. The Kier molecular flexibility index (Phi) is 4.66. The molecule has 0 bridgehead atoms. The molecule has 1 unspecified atom stereocenters. The van der Waals surface area contributed by atoms with Crippen LogP contribution in [0, 0.1) is 5.41 Å². The van der Waals surface area contributed by atoms with Crippen molar-refractivity contribution in [3.8, 4) is 0 Å². The van der Waals surface area contributed by atoms with Crippen molar-refractivity contribution in [3.05, 3.63) is 29.0 Å². The molecule has 0 saturated heterocycles. The van der Waals surface area contributed by atoms with Crippen LogP contribution in [0.2, 0.25) is 5.02 Å². The summed E-state index contributed by atoms with van der Waals surface area (Å²) < 4.78 is 5.28. The molecule has 0 amide bonds. The first-order valence-electron chi connectivity index (χ1n) is 5.50. The van der Waals surface area contributed by atoms with Crippen LogP contribution >= 0.6 is 11.6 Å². The zero-order valence-electron chi connectivity index (χ0n) is 10.7. The summed E-state index contributed by atoms with van der Waals surface area (Å²) in [5.74, 6) is 0.0353. The monoisotopic (exact) mass is 255 g/mol. The van der Waals surface area contributed by atoms with E-state index in [0.29, 0.717) is 5.02 Å². The third kappa shape index (κ3) is 3.79. The van der Waals surface area contributed by atoms with Crippen LogP contribution in [0.1, 0.15) is 26.3 Å². The highest BCUT2D eigenvalue weighted by atomic mass is 35.5. The van der Waals surface area contributed by atoms with Gasteiger partial charge in [-0.25, -0.2) is 0 Å². The number of ether oxygens (including phenoxy) is 1. The average Bonchev–Trinajstić information content (AvgIpc) is 2.20. The molecule has 0 aliphatic carbocycles. The van der Waals surface area contributed by atoms with E-state index >= 15 is 0 Å². The van der Waals surface area contributed by atoms with Gasteiger partial charge in [0.15, 0.2) is 5.78 Å². The number of carbonyl (C=O) groups is 1. The number of aromatic nitrogens is 1. The zero-order chi connectivity index (χ0) is 13.1. The number of ketones is 1. The number of carbonyl (C=O) groups excluding carboxylic acids is 1. The molecule has 0 radical (unpaired) electrons. The molecule has 94 valence electrons. The normalized spacial score (nSPS) is 13.5. The molecule has 0 saturated carbocycles. The molecule has 0 N–H and O–H groups in total. The molecule has 0 spiro atoms. The van der Waals surface area contributed by atoms with Crippen molar-refractivity contribution in [1.29, 1.82) is 0 Å². The second kappa shape index (κ2) is 5.61. The van der Waals surface area contributed by atoms with E-state index in [1.165, 1.54) is 0 Å². The van der Waals surface area contributed by atoms with Gasteiger partial charge in [0.25, 0.3) is 0 Å². The van der Waals surface area contributed by atoms with Gasteiger partial charge in [-0.3, -0.25) is 9.78 Å². The Labute approximate surface area is 107 Å². The van der Waals surface area contributed by atoms with Gasteiger partial charge in [0.2, 0.25) is 0 Å². The smallest absolute Gasteiger partial charge is 0.166 e. The molecule has 0 aliphatic rings. The lowest BCUT2D eigenvalue weighted by Gasteiger charge is -2.28. The molecule has 1 atom stereocenters. The fraction of sp³-hybridized carbons (Fsp3) is 0.538. The maximum absolute atomic E-state index is 12.1. The van der Waals surface area contributed by atoms with E-state index in [9.17, 15) is 4.79 Å². The SMILES string of the molecule is COC(C(=O)Cc1ccncc1Cl)C(C)(C)C. The van der Waals surface area contributed by atoms with Gasteiger partial charge in [-0.05, 0) is 17.0 Å². The molecule has 3 nitrogen and oxygen atoms in total. The Morgan fingerprint density at radius 1 is 1.53 bits per heavy atom. The van der Waals surface area contributed by atoms with Crippen LogP contribution in [0.5, 0.6) is 0 Å². The van der Waals surface area contributed by atoms with E-state index in [-0.39, 0.29) is 17.6 Å². The summed E-state index contributed by atoms with van der Waals surface area (Å²) in [5, 5.41) is 0.518. The first kappa shape index (κ1) is 14.1. The first-order chi connectivity index (χ1) is 7.86. The van der Waals surface area contributed by atoms with Crippen molar-refractivity contribution in [3.63, 3.8) is 0 Å². The predicted molar refractivity (Wildman–Crippen MR) is 68.2 cm³/mol. The van der Waals surface area contributed by atoms with E-state index in [1.54, 1.807) is 25.6 Å². The van der Waals surface area contributed by atoms with Gasteiger partial charge in [0.1, 0.15) is 6.10 Å². The van der Waals surface area contributed by atoms with E-state index in [1.807, 2.05) is 20.8 Å². The number of rotatable bonds is 4. The quantitative estimate of drug-likeness (QED) is 0.831. The molecule has 0 fully saturated rings. The average molecular weight is 256 g/mol. The molecule has 1 aromatic heterocycles. The fourth-order valence-corrected chi connectivity index (χ4v) is 1.98. The lowest BCUT2D eigenvalue weighted by molar-refractivity contribution is -0.134. The highest BCUT2D eigenvalue weighted by Gasteiger charge is 2.31. The Morgan fingerprint density at radius 3 is 2.65 bits per heavy atom. The second-order valence-electron chi connectivity index (χ2n) is 5.09. The molecule has 0 aliphatic heterocycles. The molecule has 17 heavy (non-hydrogen) atoms. The van der Waals surface area contributed by atoms with Gasteiger partial charge < -0.3 is 4.74 Å². The van der Waals surface area contributed by atoms with Gasteiger partial charge in [0, 0.05) is 25.9 Å². The lowest BCUT2D eigenvalue weighted by atomic mass is 9.85. The minimum absolute atomic E-state index is 0.0353. The summed E-state index contributed by atoms with van der Waals surface area (Å²) in [6.07, 6.45) is 3.03. The van der Waals surface area contributed by atoms with Crippen LogP contribution in [0.15, 0.2) is 18.5 Å². The predicted octanol–water partition coefficient (Wildman–Crippen LogP) is 2.91. The minimum atomic E-state index is -0.424. The van der Waals surface area contributed by atoms with Gasteiger partial charge in [-0.15, -0.1) is 0 Å². The number of hydrogen-bond donors (Lipinski definition) is 0. The third-order valence-corrected chi connectivity index (χ3v) is 2.88. The molecule has 1 heterocycles. The highest BCUT2D eigenvalue weighted by molar-refractivity contribution is 6.31. The first-order valence-corrected chi connectivity index (χ1v) is 5.88. The van der Waals surface area contributed by atoms with E-state index < -0.39 is 6.10 Å². The number of hydrogen-bond acceptors (Lipinski definition) is 3. The third-order valence-electron chi connectivity index (χ3n) is 2.54. The van der Waals surface area contributed by atoms with Gasteiger partial charge in [0.05, 0.1) is 5.02 Å². The van der Waals surface area contributed by atoms with E-state index in [4.69, 9.17) is 16.3 Å². The molecular weight excluding hydrogens is 238 g/mol. The standard InChI is InChI=1S/C13H18ClNO2/c1-13(2,3)12(17-4)11(16)7-9-5-6-15-8-10(9)14/h5-6,8,12H,7H2,1-4H3. The van der Waals surface area contributed by atoms with Crippen molar-refractivity contribution in [2.75, 3.05) is 7.11 Å². The van der Waals surface area contributed by atoms with Crippen molar-refractivity contribution in [2.45, 2.75) is 33.3 Å². The summed E-state index contributed by atoms with van der Waals surface area (Å²) >= 11 is 5.97. The second-order valence-corrected chi connectivity index (χ2v) is 5.50. The summed E-state index contributed by atoms with van der Waals surface area (Å²) in [6, 6.07) is 1.76. The maximum Gasteiger partial charge on any atom is 0.166 e. The van der Waals surface area contributed by atoms with Crippen LogP contribution in [0.3, 0.4) is 0 Å². The van der Waals surface area contributed by atoms with E-state index in [0.717, 1.165) is 5.56 Å². The summed E-state index contributed by atoms with van der Waals surface area (Å²) in [6.45, 7) is 5.94. The summed E-state index contributed by atoms with van der Waals surface area (Å²) in [5.41, 5.74) is 0.573. The van der Waals surface area contributed by atoms with Crippen LogP contribution < -0.4 is 0 Å². The lowest BCUT2D eigenvalue weighted by Crippen LogP contribution is -2.37. The molecular formula is C13H18ClNO2. The number of halogens is 1. The van der Waals surface area contributed by atoms with Gasteiger partial charge in [-0.1, -0.05) is 32.4 Å². The molecule has 0 aromatic carbocycles. The largest absolute Gasteiger partial charge is 0.373 e. The number of nitrogens with zero attached hydrogens (tertiary/aromatic N) is 1. The fourth-order valence-electron chi connectivity index (χ4n) is 1.80. The van der Waals surface area contributed by atoms with Crippen molar-refractivity contribution < 1.29 is 9.53 Å². The Balaban J connectivity index is 2.82. The van der Waals surface area contributed by atoms with Crippen molar-refractivity contribution in [2.24, 2.45) is 5.41 Å². The minimum Gasteiger partial charge on any atom is -0.373 e. The van der Waals surface area contributed by atoms with Crippen LogP contribution in [0.25, 0.3) is 0 Å².